The molecular weight excluding hydrogens is 956 g/mol. The number of hydrogen-bond donors (Lipinski definition) is 0. The predicted octanol–water partition coefficient (Wildman–Crippen LogP) is 18.1. The summed E-state index contributed by atoms with van der Waals surface area (Å²) in [5.74, 6) is 0.670. The molecule has 0 amide bonds. The lowest BCUT2D eigenvalue weighted by molar-refractivity contribution is 0.568. The Morgan fingerprint density at radius 2 is 0.620 bits per heavy atom. The molecule has 0 aliphatic carbocycles. The van der Waals surface area contributed by atoms with Gasteiger partial charge in [-0.15, -0.1) is 0 Å². The number of aromatic nitrogens is 2. The zero-order valence-electron chi connectivity index (χ0n) is 48.1. The lowest BCUT2D eigenvalue weighted by Crippen LogP contribution is -2.61. The number of rotatable bonds is 7. The third-order valence-electron chi connectivity index (χ3n) is 16.2. The van der Waals surface area contributed by atoms with E-state index in [1.807, 2.05) is 0 Å². The van der Waals surface area contributed by atoms with E-state index in [9.17, 15) is 0 Å². The van der Waals surface area contributed by atoms with Crippen molar-refractivity contribution in [3.63, 3.8) is 0 Å². The van der Waals surface area contributed by atoms with E-state index in [2.05, 4.69) is 305 Å². The molecule has 0 saturated heterocycles. The third-order valence-corrected chi connectivity index (χ3v) is 16.2. The van der Waals surface area contributed by atoms with Crippen LogP contribution in [0.1, 0.15) is 105 Å². The highest BCUT2D eigenvalue weighted by Crippen LogP contribution is 2.49. The number of benzene rings is 9. The van der Waals surface area contributed by atoms with Gasteiger partial charge in [-0.05, 0) is 137 Å². The van der Waals surface area contributed by atoms with Crippen LogP contribution in [-0.2, 0) is 21.7 Å². The van der Waals surface area contributed by atoms with Crippen molar-refractivity contribution in [3.05, 3.63) is 235 Å². The molecule has 10 aromatic rings. The first-order valence-electron chi connectivity index (χ1n) is 28.2. The average Bonchev–Trinajstić information content (AvgIpc) is 2.41. The van der Waals surface area contributed by atoms with E-state index in [4.69, 9.17) is 9.97 Å². The van der Waals surface area contributed by atoms with Crippen molar-refractivity contribution in [3.8, 4) is 56.2 Å². The molecule has 79 heavy (non-hydrogen) atoms. The van der Waals surface area contributed by atoms with E-state index in [0.717, 1.165) is 62.2 Å². The lowest BCUT2D eigenvalue weighted by Gasteiger charge is -2.45. The van der Waals surface area contributed by atoms with E-state index in [-0.39, 0.29) is 28.4 Å². The van der Waals surface area contributed by atoms with Crippen LogP contribution in [0.4, 0.5) is 34.1 Å². The van der Waals surface area contributed by atoms with Gasteiger partial charge in [0.2, 0.25) is 0 Å². The predicted molar refractivity (Wildman–Crippen MR) is 338 cm³/mol. The summed E-state index contributed by atoms with van der Waals surface area (Å²) in [7, 11) is 0. The molecule has 3 heterocycles. The first-order chi connectivity index (χ1) is 37.7. The van der Waals surface area contributed by atoms with Gasteiger partial charge >= 0.3 is 0 Å². The summed E-state index contributed by atoms with van der Waals surface area (Å²) in [5.41, 5.74) is 24.8. The van der Waals surface area contributed by atoms with Crippen LogP contribution >= 0.6 is 0 Å². The van der Waals surface area contributed by atoms with Crippen molar-refractivity contribution in [2.45, 2.75) is 105 Å². The van der Waals surface area contributed by atoms with Crippen LogP contribution in [0.2, 0.25) is 0 Å². The molecule has 9 aromatic carbocycles. The molecule has 2 aliphatic heterocycles. The summed E-state index contributed by atoms with van der Waals surface area (Å²) >= 11 is 0. The Bertz CT molecular complexity index is 3620. The van der Waals surface area contributed by atoms with Gasteiger partial charge in [-0.3, -0.25) is 0 Å². The minimum absolute atomic E-state index is 0.123. The van der Waals surface area contributed by atoms with Crippen molar-refractivity contribution >= 4 is 57.2 Å². The number of anilines is 6. The van der Waals surface area contributed by atoms with Crippen LogP contribution < -0.4 is 26.2 Å². The SMILES string of the molecule is CC(C)(C)c1cc(N2c3ccc(-c4ccccc4)cc3B3c4cc(-c5ccccc5)ccc4N(c4cc(C(C)(C)C)cc(C(C)(C)C)c4)c4cc(-c5nc(-c6ccccc6)cc(-c6ccccc6)n5)cc2c43)cc(C(C)(C)C)c1. The van der Waals surface area contributed by atoms with Crippen molar-refractivity contribution in [2.24, 2.45) is 0 Å². The fourth-order valence-electron chi connectivity index (χ4n) is 11.6. The van der Waals surface area contributed by atoms with Crippen LogP contribution in [-0.4, -0.2) is 16.7 Å². The number of nitrogens with zero attached hydrogens (tertiary/aromatic N) is 4. The van der Waals surface area contributed by atoms with Crippen molar-refractivity contribution in [2.75, 3.05) is 9.80 Å². The van der Waals surface area contributed by atoms with Gasteiger partial charge in [-0.2, -0.15) is 0 Å². The zero-order valence-corrected chi connectivity index (χ0v) is 48.1. The molecule has 12 rings (SSSR count). The van der Waals surface area contributed by atoms with Crippen LogP contribution in [0, 0.1) is 0 Å². The van der Waals surface area contributed by atoms with Crippen molar-refractivity contribution in [1.82, 2.24) is 9.97 Å². The minimum Gasteiger partial charge on any atom is -0.311 e. The lowest BCUT2D eigenvalue weighted by atomic mass is 9.33. The Labute approximate surface area is 470 Å². The first kappa shape index (κ1) is 51.5. The fourth-order valence-corrected chi connectivity index (χ4v) is 11.6. The van der Waals surface area contributed by atoms with Crippen molar-refractivity contribution in [1.29, 1.82) is 0 Å². The second-order valence-electron chi connectivity index (χ2n) is 26.0. The summed E-state index contributed by atoms with van der Waals surface area (Å²) in [6, 6.07) is 79.0. The highest BCUT2D eigenvalue weighted by atomic mass is 15.2. The van der Waals surface area contributed by atoms with E-state index in [0.29, 0.717) is 5.82 Å². The normalized spacial score (nSPS) is 13.2. The van der Waals surface area contributed by atoms with E-state index in [1.165, 1.54) is 60.9 Å². The first-order valence-corrected chi connectivity index (χ1v) is 28.2. The summed E-state index contributed by atoms with van der Waals surface area (Å²) in [5, 5.41) is 0. The Hall–Kier alpha value is -8.28. The second-order valence-corrected chi connectivity index (χ2v) is 26.0. The van der Waals surface area contributed by atoms with Gasteiger partial charge in [0.05, 0.1) is 11.4 Å². The molecule has 0 fully saturated rings. The molecule has 0 unspecified atom stereocenters. The molecular formula is C74H71BN4. The Kier molecular flexibility index (Phi) is 12.6. The maximum atomic E-state index is 5.57. The molecule has 0 atom stereocenters. The fraction of sp³-hybridized carbons (Fsp3) is 0.216. The maximum absolute atomic E-state index is 5.57. The molecule has 1 aromatic heterocycles. The van der Waals surface area contributed by atoms with Crippen LogP contribution in [0.15, 0.2) is 212 Å². The largest absolute Gasteiger partial charge is 0.311 e. The molecule has 4 nitrogen and oxygen atoms in total. The molecule has 0 saturated carbocycles. The summed E-state index contributed by atoms with van der Waals surface area (Å²) in [6.45, 7) is 27.9. The Morgan fingerprint density at radius 1 is 0.291 bits per heavy atom. The second kappa shape index (κ2) is 19.3. The van der Waals surface area contributed by atoms with E-state index >= 15 is 0 Å². The van der Waals surface area contributed by atoms with E-state index < -0.39 is 0 Å². The van der Waals surface area contributed by atoms with Gasteiger partial charge in [-0.1, -0.05) is 241 Å². The monoisotopic (exact) mass is 1030 g/mol. The minimum atomic E-state index is -0.152. The third kappa shape index (κ3) is 9.68. The highest BCUT2D eigenvalue weighted by molar-refractivity contribution is 7.00. The molecule has 5 heteroatoms. The summed E-state index contributed by atoms with van der Waals surface area (Å²) in [6.07, 6.45) is 0. The topological polar surface area (TPSA) is 32.3 Å². The zero-order chi connectivity index (χ0) is 55.2. The van der Waals surface area contributed by atoms with Gasteiger partial charge < -0.3 is 9.80 Å². The summed E-state index contributed by atoms with van der Waals surface area (Å²) < 4.78 is 0. The van der Waals surface area contributed by atoms with Crippen molar-refractivity contribution < 1.29 is 0 Å². The molecule has 0 N–H and O–H groups in total. The maximum Gasteiger partial charge on any atom is 0.252 e. The smallest absolute Gasteiger partial charge is 0.252 e. The molecule has 0 radical (unpaired) electrons. The van der Waals surface area contributed by atoms with Gasteiger partial charge in [0.15, 0.2) is 5.82 Å². The molecule has 0 bridgehead atoms. The van der Waals surface area contributed by atoms with Gasteiger partial charge in [0, 0.05) is 50.8 Å². The number of fused-ring (bicyclic) bond motifs is 4. The standard InChI is InChI=1S/C74H71BN4/c1-71(2,3)55-41-56(72(4,5)6)44-59(43-55)78-65-35-33-52(48-25-17-13-18-26-48)37-61(65)75-62-38-53(49-27-19-14-20-28-49)34-36-66(62)79(60-45-57(73(7,8)9)42-58(46-60)74(10,11)12)68-40-54(39-67(78)69(68)75)70-76-63(50-29-21-15-22-30-50)47-64(77-70)51-31-23-16-24-32-51/h13-47H,1-12H3. The summed E-state index contributed by atoms with van der Waals surface area (Å²) in [4.78, 5) is 16.3. The Balaban J connectivity index is 1.25. The van der Waals surface area contributed by atoms with Crippen LogP contribution in [0.25, 0.3) is 56.2 Å². The van der Waals surface area contributed by atoms with Gasteiger partial charge in [-0.25, -0.2) is 9.97 Å². The Morgan fingerprint density at radius 3 is 0.949 bits per heavy atom. The average molecular weight is 1030 g/mol. The van der Waals surface area contributed by atoms with Crippen LogP contribution in [0.5, 0.6) is 0 Å². The van der Waals surface area contributed by atoms with Crippen LogP contribution in [0.3, 0.4) is 0 Å². The molecule has 0 spiro atoms. The quantitative estimate of drug-likeness (QED) is 0.149. The van der Waals surface area contributed by atoms with Gasteiger partial charge in [0.1, 0.15) is 0 Å². The molecule has 390 valence electrons. The highest BCUT2D eigenvalue weighted by Gasteiger charge is 2.45. The van der Waals surface area contributed by atoms with E-state index in [1.54, 1.807) is 0 Å². The molecule has 2 aliphatic rings. The number of hydrogen-bond acceptors (Lipinski definition) is 4. The van der Waals surface area contributed by atoms with Gasteiger partial charge in [0.25, 0.3) is 6.71 Å².